The fraction of sp³-hybridized carbons (Fsp3) is 0.381. The summed E-state index contributed by atoms with van der Waals surface area (Å²) < 4.78 is 3.24. The van der Waals surface area contributed by atoms with Crippen LogP contribution in [0.3, 0.4) is 0 Å². The van der Waals surface area contributed by atoms with E-state index in [0.29, 0.717) is 28.4 Å². The monoisotopic (exact) mass is 364 g/mol. The first-order chi connectivity index (χ1) is 13.0. The highest BCUT2D eigenvalue weighted by Crippen LogP contribution is 2.20. The summed E-state index contributed by atoms with van der Waals surface area (Å²) in [6.45, 7) is 0.662. The Morgan fingerprint density at radius 3 is 2.48 bits per heavy atom. The van der Waals surface area contributed by atoms with Crippen molar-refractivity contribution in [2.75, 3.05) is 19.1 Å². The van der Waals surface area contributed by atoms with Gasteiger partial charge in [0.05, 0.1) is 21.8 Å². The van der Waals surface area contributed by atoms with E-state index in [2.05, 4.69) is 11.1 Å². The van der Waals surface area contributed by atoms with Gasteiger partial charge in [-0.2, -0.15) is 0 Å². The molecule has 140 valence electrons. The van der Waals surface area contributed by atoms with Crippen molar-refractivity contribution in [3.8, 4) is 0 Å². The molecule has 0 spiro atoms. The number of allylic oxidation sites excluding steroid dienone is 2. The molecule has 0 atom stereocenters. The zero-order valence-electron chi connectivity index (χ0n) is 15.8. The number of fused-ring (bicyclic) bond motifs is 2. The van der Waals surface area contributed by atoms with Gasteiger partial charge in [0.2, 0.25) is 0 Å². The van der Waals surface area contributed by atoms with Gasteiger partial charge in [-0.3, -0.25) is 9.59 Å². The Balaban J connectivity index is 1.77. The maximum absolute atomic E-state index is 13.0. The van der Waals surface area contributed by atoms with Crippen molar-refractivity contribution >= 4 is 21.8 Å². The molecule has 3 aromatic heterocycles. The number of pyridine rings is 3. The Morgan fingerprint density at radius 1 is 1.04 bits per heavy atom. The minimum atomic E-state index is -0.172. The van der Waals surface area contributed by atoms with Gasteiger partial charge in [0.15, 0.2) is 0 Å². The molecule has 27 heavy (non-hydrogen) atoms. The predicted molar refractivity (Wildman–Crippen MR) is 109 cm³/mol. The summed E-state index contributed by atoms with van der Waals surface area (Å²) in [6.07, 6.45) is 11.5. The lowest BCUT2D eigenvalue weighted by Gasteiger charge is -2.16. The fourth-order valence-electron chi connectivity index (χ4n) is 3.74. The van der Waals surface area contributed by atoms with Gasteiger partial charge in [-0.25, -0.2) is 9.66 Å². The van der Waals surface area contributed by atoms with Crippen LogP contribution in [0.5, 0.6) is 0 Å². The number of nitrogens with zero attached hydrogens (tertiary/aromatic N) is 4. The van der Waals surface area contributed by atoms with Gasteiger partial charge in [-0.05, 0) is 50.3 Å². The summed E-state index contributed by atoms with van der Waals surface area (Å²) in [5.41, 5.74) is 2.42. The maximum Gasteiger partial charge on any atom is 0.278 e. The summed E-state index contributed by atoms with van der Waals surface area (Å²) in [5, 5.41) is 2.66. The van der Waals surface area contributed by atoms with Crippen LogP contribution in [0.1, 0.15) is 32.1 Å². The Kier molecular flexibility index (Phi) is 4.56. The van der Waals surface area contributed by atoms with E-state index in [4.69, 9.17) is 0 Å². The molecule has 1 aliphatic carbocycles. The quantitative estimate of drug-likeness (QED) is 0.528. The average Bonchev–Trinajstić information content (AvgIpc) is 2.67. The van der Waals surface area contributed by atoms with E-state index < -0.39 is 0 Å². The van der Waals surface area contributed by atoms with Crippen LogP contribution in [-0.4, -0.2) is 28.3 Å². The minimum Gasteiger partial charge on any atom is -0.316 e. The van der Waals surface area contributed by atoms with Crippen LogP contribution in [0, 0.1) is 0 Å². The van der Waals surface area contributed by atoms with E-state index in [0.717, 1.165) is 19.3 Å². The number of aryl methyl sites for hydroxylation is 1. The van der Waals surface area contributed by atoms with Gasteiger partial charge in [0, 0.05) is 33.0 Å². The highest BCUT2D eigenvalue weighted by molar-refractivity contribution is 5.91. The normalized spacial score (nSPS) is 14.5. The molecule has 0 fully saturated rings. The number of rotatable bonds is 4. The summed E-state index contributed by atoms with van der Waals surface area (Å²) >= 11 is 0. The molecular formula is C21H24N4O2. The van der Waals surface area contributed by atoms with Crippen molar-refractivity contribution in [2.24, 2.45) is 0 Å². The SMILES string of the molecule is CN(C)n1ccc2nc3ccn(CCC4=CCCCC4)c(=O)c3cc2c1=O. The molecular weight excluding hydrogens is 340 g/mol. The zero-order chi connectivity index (χ0) is 19.0. The van der Waals surface area contributed by atoms with Crippen LogP contribution < -0.4 is 16.1 Å². The van der Waals surface area contributed by atoms with Gasteiger partial charge >= 0.3 is 0 Å². The number of aromatic nitrogens is 3. The smallest absolute Gasteiger partial charge is 0.278 e. The molecule has 4 rings (SSSR count). The molecule has 0 unspecified atom stereocenters. The molecule has 0 aromatic carbocycles. The van der Waals surface area contributed by atoms with Gasteiger partial charge in [0.25, 0.3) is 11.1 Å². The maximum atomic E-state index is 13.0. The van der Waals surface area contributed by atoms with E-state index in [1.165, 1.54) is 23.1 Å². The Hall–Kier alpha value is -2.89. The van der Waals surface area contributed by atoms with Gasteiger partial charge in [0.1, 0.15) is 0 Å². The second-order valence-corrected chi connectivity index (χ2v) is 7.34. The van der Waals surface area contributed by atoms with E-state index in [1.54, 1.807) is 42.0 Å². The molecule has 0 saturated carbocycles. The van der Waals surface area contributed by atoms with Crippen LogP contribution in [0.4, 0.5) is 0 Å². The van der Waals surface area contributed by atoms with Crippen molar-refractivity contribution in [2.45, 2.75) is 38.6 Å². The molecule has 0 aliphatic heterocycles. The number of hydrogen-bond acceptors (Lipinski definition) is 4. The molecule has 0 N–H and O–H groups in total. The van der Waals surface area contributed by atoms with Crippen molar-refractivity contribution < 1.29 is 0 Å². The van der Waals surface area contributed by atoms with Crippen molar-refractivity contribution in [1.29, 1.82) is 0 Å². The highest BCUT2D eigenvalue weighted by atomic mass is 16.1. The van der Waals surface area contributed by atoms with E-state index in [9.17, 15) is 9.59 Å². The molecule has 6 nitrogen and oxygen atoms in total. The minimum absolute atomic E-state index is 0.0852. The lowest BCUT2D eigenvalue weighted by atomic mass is 9.97. The Morgan fingerprint density at radius 2 is 1.78 bits per heavy atom. The third-order valence-corrected chi connectivity index (χ3v) is 5.29. The molecule has 3 heterocycles. The van der Waals surface area contributed by atoms with Crippen molar-refractivity contribution in [3.63, 3.8) is 0 Å². The Bertz CT molecular complexity index is 1150. The first-order valence-corrected chi connectivity index (χ1v) is 9.46. The van der Waals surface area contributed by atoms with Gasteiger partial charge in [-0.15, -0.1) is 0 Å². The molecule has 0 amide bonds. The standard InChI is InChI=1S/C21H24N4O2/c1-23(2)25-13-10-19-17(21(25)27)14-16-18(22-19)9-12-24(20(16)26)11-8-15-6-4-3-5-7-15/h6,9-10,12-14H,3-5,7-8,11H2,1-2H3. The number of hydrogen-bond donors (Lipinski definition) is 0. The van der Waals surface area contributed by atoms with Crippen molar-refractivity contribution in [1.82, 2.24) is 14.2 Å². The molecule has 3 aromatic rings. The van der Waals surface area contributed by atoms with Crippen molar-refractivity contribution in [3.05, 3.63) is 62.9 Å². The average molecular weight is 364 g/mol. The van der Waals surface area contributed by atoms with Gasteiger partial charge < -0.3 is 9.58 Å². The second kappa shape index (κ2) is 7.02. The molecule has 0 saturated heterocycles. The summed E-state index contributed by atoms with van der Waals surface area (Å²) in [4.78, 5) is 30.2. The highest BCUT2D eigenvalue weighted by Gasteiger charge is 2.11. The first kappa shape index (κ1) is 17.5. The third kappa shape index (κ3) is 3.27. The van der Waals surface area contributed by atoms with Crippen LogP contribution in [0.15, 0.2) is 51.8 Å². The predicted octanol–water partition coefficient (Wildman–Crippen LogP) is 2.80. The molecule has 1 aliphatic rings. The molecule has 0 bridgehead atoms. The summed E-state index contributed by atoms with van der Waals surface area (Å²) in [6, 6.07) is 5.36. The van der Waals surface area contributed by atoms with Gasteiger partial charge in [-0.1, -0.05) is 11.6 Å². The fourth-order valence-corrected chi connectivity index (χ4v) is 3.74. The third-order valence-electron chi connectivity index (χ3n) is 5.29. The zero-order valence-corrected chi connectivity index (χ0v) is 15.8. The van der Waals surface area contributed by atoms with Crippen LogP contribution in [0.2, 0.25) is 0 Å². The van der Waals surface area contributed by atoms with Crippen LogP contribution >= 0.6 is 0 Å². The van der Waals surface area contributed by atoms with Crippen LogP contribution in [0.25, 0.3) is 21.8 Å². The topological polar surface area (TPSA) is 60.1 Å². The lowest BCUT2D eigenvalue weighted by molar-refractivity contribution is 0.616. The Labute approximate surface area is 157 Å². The lowest BCUT2D eigenvalue weighted by Crippen LogP contribution is -2.35. The summed E-state index contributed by atoms with van der Waals surface area (Å²) in [7, 11) is 3.60. The van der Waals surface area contributed by atoms with E-state index in [-0.39, 0.29) is 11.1 Å². The van der Waals surface area contributed by atoms with Crippen LogP contribution in [-0.2, 0) is 6.54 Å². The summed E-state index contributed by atoms with van der Waals surface area (Å²) in [5.74, 6) is 0. The first-order valence-electron chi connectivity index (χ1n) is 9.46. The molecule has 6 heteroatoms. The largest absolute Gasteiger partial charge is 0.316 e. The van der Waals surface area contributed by atoms with E-state index in [1.807, 2.05) is 12.3 Å². The molecule has 0 radical (unpaired) electrons. The second-order valence-electron chi connectivity index (χ2n) is 7.34. The van der Waals surface area contributed by atoms with E-state index >= 15 is 0 Å².